The van der Waals surface area contributed by atoms with Crippen LogP contribution in [-0.4, -0.2) is 26.6 Å². The molecule has 0 saturated heterocycles. The van der Waals surface area contributed by atoms with Gasteiger partial charge in [-0.1, -0.05) is 12.1 Å². The van der Waals surface area contributed by atoms with Gasteiger partial charge < -0.3 is 14.2 Å². The van der Waals surface area contributed by atoms with Gasteiger partial charge in [-0.25, -0.2) is 0 Å². The second kappa shape index (κ2) is 6.47. The molecule has 3 rings (SSSR count). The monoisotopic (exact) mass is 321 g/mol. The maximum atomic E-state index is 12.7. The minimum absolute atomic E-state index is 0.107. The summed E-state index contributed by atoms with van der Waals surface area (Å²) in [4.78, 5) is 12.7. The van der Waals surface area contributed by atoms with E-state index in [1.807, 2.05) is 0 Å². The zero-order valence-electron chi connectivity index (χ0n) is 13.3. The molecule has 24 heavy (non-hydrogen) atoms. The van der Waals surface area contributed by atoms with Crippen LogP contribution in [0, 0.1) is 11.3 Å². The molecule has 0 unspecified atom stereocenters. The molecule has 0 N–H and O–H groups in total. The van der Waals surface area contributed by atoms with Crippen LogP contribution in [-0.2, 0) is 0 Å². The molecule has 0 saturated carbocycles. The van der Waals surface area contributed by atoms with Crippen LogP contribution >= 0.6 is 0 Å². The van der Waals surface area contributed by atoms with Crippen LogP contribution in [0.5, 0.6) is 17.2 Å². The number of fused-ring (bicyclic) bond motifs is 1. The van der Waals surface area contributed by atoms with E-state index in [4.69, 9.17) is 19.5 Å². The molecule has 5 nitrogen and oxygen atoms in total. The summed E-state index contributed by atoms with van der Waals surface area (Å²) in [7, 11) is 3.05. The molecule has 0 atom stereocenters. The fraction of sp³-hybridized carbons (Fsp3) is 0.158. The molecule has 0 aliphatic carbocycles. The Morgan fingerprint density at radius 2 is 1.96 bits per heavy atom. The van der Waals surface area contributed by atoms with Crippen LogP contribution in [0.2, 0.25) is 0 Å². The van der Waals surface area contributed by atoms with Gasteiger partial charge in [-0.15, -0.1) is 0 Å². The van der Waals surface area contributed by atoms with Gasteiger partial charge in [0.25, 0.3) is 0 Å². The van der Waals surface area contributed by atoms with Crippen molar-refractivity contribution in [3.8, 4) is 23.3 Å². The van der Waals surface area contributed by atoms with Gasteiger partial charge in [0.2, 0.25) is 0 Å². The zero-order valence-corrected chi connectivity index (χ0v) is 13.3. The molecule has 120 valence electrons. The van der Waals surface area contributed by atoms with Crippen LogP contribution in [0.15, 0.2) is 42.0 Å². The van der Waals surface area contributed by atoms with E-state index >= 15 is 0 Å². The number of nitrogens with zero attached hydrogens (tertiary/aromatic N) is 1. The quantitative estimate of drug-likeness (QED) is 0.812. The maximum absolute atomic E-state index is 12.7. The van der Waals surface area contributed by atoms with Gasteiger partial charge in [-0.2, -0.15) is 5.26 Å². The first-order chi connectivity index (χ1) is 11.7. The molecule has 0 bridgehead atoms. The Hall–Kier alpha value is -3.26. The molecule has 0 fully saturated rings. The molecule has 0 radical (unpaired) electrons. The molecule has 0 spiro atoms. The van der Waals surface area contributed by atoms with Crippen molar-refractivity contribution in [1.82, 2.24) is 0 Å². The number of hydrogen-bond acceptors (Lipinski definition) is 5. The Kier molecular flexibility index (Phi) is 4.21. The van der Waals surface area contributed by atoms with E-state index < -0.39 is 0 Å². The lowest BCUT2D eigenvalue weighted by Crippen LogP contribution is -2.19. The second-order valence-electron chi connectivity index (χ2n) is 5.20. The van der Waals surface area contributed by atoms with Crippen molar-refractivity contribution in [2.75, 3.05) is 20.8 Å². The average molecular weight is 321 g/mol. The summed E-state index contributed by atoms with van der Waals surface area (Å²) in [5, 5.41) is 9.16. The number of carbonyl (C=O) groups excluding carboxylic acids is 1. The lowest BCUT2D eigenvalue weighted by molar-refractivity contribution is 0.0999. The van der Waals surface area contributed by atoms with Gasteiger partial charge >= 0.3 is 0 Å². The van der Waals surface area contributed by atoms with E-state index in [1.165, 1.54) is 14.2 Å². The predicted octanol–water partition coefficient (Wildman–Crippen LogP) is 3.23. The van der Waals surface area contributed by atoms with Gasteiger partial charge in [-0.05, 0) is 35.9 Å². The SMILES string of the molecule is COc1ccc(C=C2COc3c(OC)cccc3C2=O)cc1C#N. The Morgan fingerprint density at radius 1 is 1.17 bits per heavy atom. The highest BCUT2D eigenvalue weighted by Gasteiger charge is 2.26. The summed E-state index contributed by atoms with van der Waals surface area (Å²) in [5.74, 6) is 1.40. The number of ketones is 1. The van der Waals surface area contributed by atoms with Crippen molar-refractivity contribution in [2.45, 2.75) is 0 Å². The largest absolute Gasteiger partial charge is 0.495 e. The van der Waals surface area contributed by atoms with Gasteiger partial charge in [-0.3, -0.25) is 4.79 Å². The molecule has 2 aromatic rings. The normalized spacial score (nSPS) is 14.5. The number of benzene rings is 2. The van der Waals surface area contributed by atoms with E-state index in [0.29, 0.717) is 33.9 Å². The Labute approximate surface area is 139 Å². The van der Waals surface area contributed by atoms with Gasteiger partial charge in [0.05, 0.1) is 25.3 Å². The Bertz CT molecular complexity index is 877. The van der Waals surface area contributed by atoms with E-state index in [2.05, 4.69) is 6.07 Å². The standard InChI is InChI=1S/C19H15NO4/c1-22-16-7-6-12(8-13(16)10-20)9-14-11-24-19-15(18(14)21)4-3-5-17(19)23-2/h3-9H,11H2,1-2H3. The minimum atomic E-state index is -0.107. The van der Waals surface area contributed by atoms with Crippen molar-refractivity contribution < 1.29 is 19.0 Å². The van der Waals surface area contributed by atoms with Crippen LogP contribution in [0.3, 0.4) is 0 Å². The lowest BCUT2D eigenvalue weighted by Gasteiger charge is -2.20. The first kappa shape index (κ1) is 15.6. The van der Waals surface area contributed by atoms with E-state index in [0.717, 1.165) is 5.56 Å². The van der Waals surface area contributed by atoms with Crippen LogP contribution in [0.25, 0.3) is 6.08 Å². The zero-order chi connectivity index (χ0) is 17.1. The fourth-order valence-electron chi connectivity index (χ4n) is 2.60. The smallest absolute Gasteiger partial charge is 0.196 e. The van der Waals surface area contributed by atoms with Crippen molar-refractivity contribution >= 4 is 11.9 Å². The highest BCUT2D eigenvalue weighted by molar-refractivity contribution is 6.14. The molecule has 5 heteroatoms. The topological polar surface area (TPSA) is 68.6 Å². The molecular formula is C19H15NO4. The van der Waals surface area contributed by atoms with E-state index in [1.54, 1.807) is 42.5 Å². The molecule has 1 heterocycles. The summed E-state index contributed by atoms with van der Waals surface area (Å²) in [6.45, 7) is 0.153. The number of nitriles is 1. The molecule has 1 aliphatic heterocycles. The number of para-hydroxylation sites is 1. The van der Waals surface area contributed by atoms with Crippen LogP contribution in [0.4, 0.5) is 0 Å². The number of hydrogen-bond donors (Lipinski definition) is 0. The van der Waals surface area contributed by atoms with Gasteiger partial charge in [0.15, 0.2) is 17.3 Å². The van der Waals surface area contributed by atoms with Crippen molar-refractivity contribution in [3.05, 3.63) is 58.7 Å². The van der Waals surface area contributed by atoms with E-state index in [9.17, 15) is 4.79 Å². The highest BCUT2D eigenvalue weighted by Crippen LogP contribution is 2.36. The fourth-order valence-corrected chi connectivity index (χ4v) is 2.60. The molecule has 2 aromatic carbocycles. The third-order valence-corrected chi connectivity index (χ3v) is 3.79. The van der Waals surface area contributed by atoms with Crippen LogP contribution in [0.1, 0.15) is 21.5 Å². The van der Waals surface area contributed by atoms with Gasteiger partial charge in [0, 0.05) is 5.57 Å². The van der Waals surface area contributed by atoms with E-state index in [-0.39, 0.29) is 12.4 Å². The number of Topliss-reactive ketones (excluding diaryl/α,β-unsaturated/α-hetero) is 1. The van der Waals surface area contributed by atoms with Crippen LogP contribution < -0.4 is 14.2 Å². The number of methoxy groups -OCH3 is 2. The lowest BCUT2D eigenvalue weighted by atomic mass is 9.97. The third kappa shape index (κ3) is 2.70. The summed E-state index contributed by atoms with van der Waals surface area (Å²) in [6.07, 6.45) is 1.73. The summed E-state index contributed by atoms with van der Waals surface area (Å²) >= 11 is 0. The molecule has 0 amide bonds. The summed E-state index contributed by atoms with van der Waals surface area (Å²) in [5.41, 5.74) is 2.15. The highest BCUT2D eigenvalue weighted by atomic mass is 16.5. The van der Waals surface area contributed by atoms with Gasteiger partial charge in [0.1, 0.15) is 18.4 Å². The summed E-state index contributed by atoms with van der Waals surface area (Å²) < 4.78 is 16.0. The minimum Gasteiger partial charge on any atom is -0.495 e. The Morgan fingerprint density at radius 3 is 2.67 bits per heavy atom. The third-order valence-electron chi connectivity index (χ3n) is 3.79. The predicted molar refractivity (Wildman–Crippen MR) is 88.5 cm³/mol. The second-order valence-corrected chi connectivity index (χ2v) is 5.20. The Balaban J connectivity index is 1.98. The number of ether oxygens (including phenoxy) is 3. The summed E-state index contributed by atoms with van der Waals surface area (Å²) in [6, 6.07) is 12.5. The maximum Gasteiger partial charge on any atom is 0.196 e. The molecular weight excluding hydrogens is 306 g/mol. The first-order valence-electron chi connectivity index (χ1n) is 7.31. The number of carbonyl (C=O) groups is 1. The van der Waals surface area contributed by atoms with Crippen molar-refractivity contribution in [1.29, 1.82) is 5.26 Å². The average Bonchev–Trinajstić information content (AvgIpc) is 2.63. The molecule has 1 aliphatic rings. The van der Waals surface area contributed by atoms with Crippen molar-refractivity contribution in [3.63, 3.8) is 0 Å². The first-order valence-corrected chi connectivity index (χ1v) is 7.31. The molecule has 0 aromatic heterocycles. The van der Waals surface area contributed by atoms with Crippen molar-refractivity contribution in [2.24, 2.45) is 0 Å². The number of rotatable bonds is 3.